The molecule has 1 fully saturated rings. The van der Waals surface area contributed by atoms with Crippen LogP contribution in [0.5, 0.6) is 0 Å². The van der Waals surface area contributed by atoms with Gasteiger partial charge in [0, 0.05) is 31.0 Å². The lowest BCUT2D eigenvalue weighted by molar-refractivity contribution is -0.141. The fourth-order valence-corrected chi connectivity index (χ4v) is 6.88. The molecule has 0 unspecified atom stereocenters. The molecule has 0 spiro atoms. The van der Waals surface area contributed by atoms with Crippen molar-refractivity contribution in [2.45, 2.75) is 68.9 Å². The fourth-order valence-electron chi connectivity index (χ4n) is 4.05. The van der Waals surface area contributed by atoms with Crippen LogP contribution in [0.2, 0.25) is 0 Å². The maximum atomic E-state index is 13.1. The van der Waals surface area contributed by atoms with Crippen molar-refractivity contribution in [2.75, 3.05) is 32.4 Å². The Kier molecular flexibility index (Phi) is 16.1. The number of hydrogen-bond donors (Lipinski definition) is 9. The molecule has 1 aliphatic heterocycles. The van der Waals surface area contributed by atoms with Crippen LogP contribution >= 0.6 is 21.6 Å². The molecule has 21 heteroatoms. The molecular formula is C25H42N10O9S2. The van der Waals surface area contributed by atoms with Crippen molar-refractivity contribution >= 4 is 74.9 Å². The fraction of sp³-hybridized carbons (Fsp3) is 0.640. The summed E-state index contributed by atoms with van der Waals surface area (Å²) in [4.78, 5) is 106. The number of aliphatic carboxylic acids is 1. The van der Waals surface area contributed by atoms with Crippen molar-refractivity contribution in [1.29, 1.82) is 0 Å². The number of guanidine groups is 1. The summed E-state index contributed by atoms with van der Waals surface area (Å²) in [5.74, 6) is -7.30. The molecule has 4 atom stereocenters. The summed E-state index contributed by atoms with van der Waals surface area (Å²) in [6.07, 6.45) is -0.585. The predicted octanol–water partition coefficient (Wildman–Crippen LogP) is -4.29. The second-order valence-electron chi connectivity index (χ2n) is 10.7. The highest BCUT2D eigenvalue weighted by molar-refractivity contribution is 8.77. The Balaban J connectivity index is 3.43. The first-order chi connectivity index (χ1) is 21.3. The average Bonchev–Trinajstić information content (AvgIpc) is 2.94. The van der Waals surface area contributed by atoms with Crippen LogP contribution in [0.25, 0.3) is 0 Å². The topological polar surface area (TPSA) is 311 Å². The van der Waals surface area contributed by atoms with Crippen LogP contribution in [-0.4, -0.2) is 125 Å². The maximum Gasteiger partial charge on any atom is 0.305 e. The molecule has 0 aliphatic carbocycles. The molecule has 7 amide bonds. The van der Waals surface area contributed by atoms with Gasteiger partial charge in [-0.1, -0.05) is 21.6 Å². The zero-order valence-corrected chi connectivity index (χ0v) is 27.5. The Morgan fingerprint density at radius 2 is 1.65 bits per heavy atom. The van der Waals surface area contributed by atoms with Gasteiger partial charge in [0.25, 0.3) is 0 Å². The smallest absolute Gasteiger partial charge is 0.305 e. The lowest BCUT2D eigenvalue weighted by Crippen LogP contribution is -2.60. The predicted molar refractivity (Wildman–Crippen MR) is 170 cm³/mol. The quantitative estimate of drug-likeness (QED) is 0.0505. The number of nitrogens with two attached hydrogens (primary N) is 3. The number of carbonyl (C=O) groups is 8. The summed E-state index contributed by atoms with van der Waals surface area (Å²) >= 11 is 0. The first-order valence-corrected chi connectivity index (χ1v) is 16.2. The summed E-state index contributed by atoms with van der Waals surface area (Å²) in [6.45, 7) is 3.18. The molecular weight excluding hydrogens is 648 g/mol. The monoisotopic (exact) mass is 690 g/mol. The van der Waals surface area contributed by atoms with Crippen molar-refractivity contribution in [3.63, 3.8) is 0 Å². The Morgan fingerprint density at radius 1 is 1.02 bits per heavy atom. The summed E-state index contributed by atoms with van der Waals surface area (Å²) < 4.78 is -1.15. The van der Waals surface area contributed by atoms with Gasteiger partial charge in [-0.15, -0.1) is 0 Å². The molecule has 0 bridgehead atoms. The standard InChI is InChI=1S/C25H42N10O9S2/c1-12(36)32-14-11-45-46-25(2,3)19(20(26)41)34-22(43)13(8-18(39)40)33-16(37)9-30-23(44)15(6-5-7-29-24(27)28)35(4)17(38)10-31-21(14)42/h13-15,19H,5-11H2,1-4H3,(H2,26,41)(H,30,44)(H,31,42)(H,32,36)(H,33,37)(H,34,43)(H,39,40)(H4,27,28,29)/t13-,14-,15-,19+/m0/s1. The molecule has 0 aromatic carbocycles. The number of amides is 7. The Labute approximate surface area is 273 Å². The van der Waals surface area contributed by atoms with E-state index in [0.29, 0.717) is 0 Å². The van der Waals surface area contributed by atoms with E-state index in [-0.39, 0.29) is 31.1 Å². The SMILES string of the molecule is CC(=O)N[C@H]1CSSC(C)(C)[C@@H](C(N)=O)NC(=O)[C@H](CC(=O)O)NC(=O)CNC(=O)[C@H](CCCN=C(N)N)N(C)C(=O)CNC1=O. The van der Waals surface area contributed by atoms with Crippen LogP contribution in [-0.2, 0) is 38.4 Å². The third-order valence-electron chi connectivity index (χ3n) is 6.43. The minimum Gasteiger partial charge on any atom is -0.481 e. The molecule has 0 radical (unpaired) electrons. The van der Waals surface area contributed by atoms with Crippen LogP contribution in [0, 0.1) is 0 Å². The van der Waals surface area contributed by atoms with Gasteiger partial charge in [0.05, 0.1) is 19.5 Å². The molecule has 12 N–H and O–H groups in total. The van der Waals surface area contributed by atoms with E-state index in [2.05, 4.69) is 31.6 Å². The number of aliphatic imine (C=N–C) groups is 1. The van der Waals surface area contributed by atoms with E-state index in [4.69, 9.17) is 17.2 Å². The second-order valence-corrected chi connectivity index (χ2v) is 13.7. The number of nitrogens with zero attached hydrogens (tertiary/aromatic N) is 2. The summed E-state index contributed by atoms with van der Waals surface area (Å²) in [5, 5.41) is 21.2. The van der Waals surface area contributed by atoms with Crippen molar-refractivity contribution in [3.8, 4) is 0 Å². The van der Waals surface area contributed by atoms with Crippen molar-refractivity contribution < 1.29 is 43.5 Å². The first kappa shape index (κ1) is 39.8. The normalized spacial score (nSPS) is 23.9. The number of likely N-dealkylation sites (N-methyl/N-ethyl adjacent to an activating group) is 1. The average molecular weight is 691 g/mol. The third kappa shape index (κ3) is 13.8. The van der Waals surface area contributed by atoms with E-state index in [9.17, 15) is 43.5 Å². The van der Waals surface area contributed by atoms with Gasteiger partial charge in [0.1, 0.15) is 24.2 Å². The molecule has 1 rings (SSSR count). The van der Waals surface area contributed by atoms with E-state index >= 15 is 0 Å². The van der Waals surface area contributed by atoms with E-state index in [1.807, 2.05) is 0 Å². The van der Waals surface area contributed by atoms with E-state index in [1.165, 1.54) is 14.0 Å². The number of nitrogens with one attached hydrogen (secondary N) is 5. The van der Waals surface area contributed by atoms with Crippen molar-refractivity contribution in [2.24, 2.45) is 22.2 Å². The van der Waals surface area contributed by atoms with E-state index < -0.39 is 95.7 Å². The third-order valence-corrected chi connectivity index (χ3v) is 9.73. The largest absolute Gasteiger partial charge is 0.481 e. The second kappa shape index (κ2) is 18.6. The zero-order valence-electron chi connectivity index (χ0n) is 25.9. The van der Waals surface area contributed by atoms with Crippen molar-refractivity contribution in [3.05, 3.63) is 0 Å². The summed E-state index contributed by atoms with van der Waals surface area (Å²) in [5.41, 5.74) is 16.2. The van der Waals surface area contributed by atoms with Gasteiger partial charge in [0.2, 0.25) is 41.4 Å². The minimum absolute atomic E-state index is 0.0388. The number of carbonyl (C=O) groups excluding carboxylic acids is 7. The Bertz CT molecular complexity index is 1210. The molecule has 0 aromatic heterocycles. The van der Waals surface area contributed by atoms with Crippen LogP contribution in [0.1, 0.15) is 40.0 Å². The van der Waals surface area contributed by atoms with Gasteiger partial charge < -0.3 is 53.8 Å². The molecule has 1 aliphatic rings. The number of hydrogen-bond acceptors (Lipinski definition) is 11. The minimum atomic E-state index is -1.66. The van der Waals surface area contributed by atoms with Crippen LogP contribution in [0.3, 0.4) is 0 Å². The van der Waals surface area contributed by atoms with E-state index in [0.717, 1.165) is 26.5 Å². The van der Waals surface area contributed by atoms with Crippen molar-refractivity contribution in [1.82, 2.24) is 31.5 Å². The lowest BCUT2D eigenvalue weighted by Gasteiger charge is -2.33. The summed E-state index contributed by atoms with van der Waals surface area (Å²) in [7, 11) is 3.41. The number of rotatable bonds is 8. The van der Waals surface area contributed by atoms with Gasteiger partial charge >= 0.3 is 5.97 Å². The molecule has 46 heavy (non-hydrogen) atoms. The van der Waals surface area contributed by atoms with E-state index in [1.54, 1.807) is 13.8 Å². The van der Waals surface area contributed by atoms with Gasteiger partial charge in [-0.05, 0) is 26.7 Å². The number of primary amides is 1. The summed E-state index contributed by atoms with van der Waals surface area (Å²) in [6, 6.07) is -5.32. The Hall–Kier alpha value is -4.27. The molecule has 0 aromatic rings. The first-order valence-electron chi connectivity index (χ1n) is 13.9. The van der Waals surface area contributed by atoms with Crippen LogP contribution < -0.4 is 43.8 Å². The highest BCUT2D eigenvalue weighted by Crippen LogP contribution is 2.38. The number of carboxylic acids is 1. The highest BCUT2D eigenvalue weighted by atomic mass is 33.1. The molecule has 258 valence electrons. The molecule has 19 nitrogen and oxygen atoms in total. The highest BCUT2D eigenvalue weighted by Gasteiger charge is 2.39. The molecule has 1 saturated heterocycles. The van der Waals surface area contributed by atoms with Gasteiger partial charge in [-0.3, -0.25) is 43.3 Å². The van der Waals surface area contributed by atoms with Crippen LogP contribution in [0.15, 0.2) is 4.99 Å². The maximum absolute atomic E-state index is 13.1. The van der Waals surface area contributed by atoms with Gasteiger partial charge in [-0.25, -0.2) is 0 Å². The Morgan fingerprint density at radius 3 is 2.22 bits per heavy atom. The lowest BCUT2D eigenvalue weighted by atomic mass is 10.0. The number of carboxylic acid groups (broad SMARTS) is 1. The van der Waals surface area contributed by atoms with Gasteiger partial charge in [-0.2, -0.15) is 0 Å². The zero-order chi connectivity index (χ0) is 35.2. The molecule has 1 heterocycles. The van der Waals surface area contributed by atoms with Gasteiger partial charge in [0.15, 0.2) is 5.96 Å². The van der Waals surface area contributed by atoms with Crippen LogP contribution in [0.4, 0.5) is 0 Å². The molecule has 0 saturated carbocycles.